The third-order valence-electron chi connectivity index (χ3n) is 3.11. The summed E-state index contributed by atoms with van der Waals surface area (Å²) in [6.07, 6.45) is 4.82. The number of hydrogen-bond donors (Lipinski definition) is 0. The molecule has 108 valence electrons. The van der Waals surface area contributed by atoms with Gasteiger partial charge in [-0.15, -0.1) is 0 Å². The van der Waals surface area contributed by atoms with Crippen molar-refractivity contribution in [1.29, 1.82) is 5.26 Å². The Hall–Kier alpha value is -2.98. The fraction of sp³-hybridized carbons (Fsp3) is 0.0714. The molecule has 0 spiro atoms. The lowest BCUT2D eigenvalue weighted by atomic mass is 10.2. The van der Waals surface area contributed by atoms with Gasteiger partial charge in [-0.1, -0.05) is 17.7 Å². The summed E-state index contributed by atoms with van der Waals surface area (Å²) in [5.41, 5.74) is -0.540. The molecule has 0 atom stereocenters. The van der Waals surface area contributed by atoms with Gasteiger partial charge >= 0.3 is 5.69 Å². The van der Waals surface area contributed by atoms with Gasteiger partial charge in [-0.2, -0.15) is 14.8 Å². The SMILES string of the molecule is N#Cn1c(=O)nc2n(Cc3ccc(Cl)nc3)cccc-2c1=O. The van der Waals surface area contributed by atoms with Crippen molar-refractivity contribution in [3.8, 4) is 17.6 Å². The first-order valence-corrected chi connectivity index (χ1v) is 6.60. The number of rotatable bonds is 2. The van der Waals surface area contributed by atoms with Crippen LogP contribution in [0.2, 0.25) is 5.15 Å². The van der Waals surface area contributed by atoms with E-state index >= 15 is 0 Å². The first kappa shape index (κ1) is 14.0. The molecule has 3 heterocycles. The quantitative estimate of drug-likeness (QED) is 0.656. The van der Waals surface area contributed by atoms with E-state index in [4.69, 9.17) is 16.9 Å². The molecule has 0 aliphatic carbocycles. The lowest BCUT2D eigenvalue weighted by molar-refractivity contribution is 0.752. The van der Waals surface area contributed by atoms with E-state index in [0.29, 0.717) is 16.3 Å². The molecule has 0 radical (unpaired) electrons. The molecule has 0 fully saturated rings. The Morgan fingerprint density at radius 1 is 1.27 bits per heavy atom. The molecular weight excluding hydrogens is 306 g/mol. The Morgan fingerprint density at radius 3 is 2.77 bits per heavy atom. The summed E-state index contributed by atoms with van der Waals surface area (Å²) in [7, 11) is 0. The van der Waals surface area contributed by atoms with Crippen molar-refractivity contribution < 1.29 is 0 Å². The fourth-order valence-electron chi connectivity index (χ4n) is 2.09. The van der Waals surface area contributed by atoms with Crippen molar-refractivity contribution in [2.75, 3.05) is 0 Å². The zero-order valence-electron chi connectivity index (χ0n) is 11.1. The third-order valence-corrected chi connectivity index (χ3v) is 3.33. The highest BCUT2D eigenvalue weighted by Crippen LogP contribution is 2.15. The summed E-state index contributed by atoms with van der Waals surface area (Å²) in [6.45, 7) is 0.365. The average Bonchev–Trinajstić information content (AvgIpc) is 2.51. The van der Waals surface area contributed by atoms with E-state index in [9.17, 15) is 9.59 Å². The number of hydrogen-bond acceptors (Lipinski definition) is 5. The van der Waals surface area contributed by atoms with Gasteiger partial charge in [0.2, 0.25) is 0 Å². The van der Waals surface area contributed by atoms with Crippen molar-refractivity contribution in [2.45, 2.75) is 6.54 Å². The zero-order valence-corrected chi connectivity index (χ0v) is 11.9. The van der Waals surface area contributed by atoms with Crippen LogP contribution < -0.4 is 11.2 Å². The molecule has 1 aromatic rings. The fourth-order valence-corrected chi connectivity index (χ4v) is 2.21. The van der Waals surface area contributed by atoms with Crippen LogP contribution in [0.15, 0.2) is 46.2 Å². The molecule has 3 rings (SSSR count). The summed E-state index contributed by atoms with van der Waals surface area (Å²) >= 11 is 5.74. The van der Waals surface area contributed by atoms with Gasteiger partial charge in [0, 0.05) is 12.4 Å². The maximum Gasteiger partial charge on any atom is 0.366 e. The van der Waals surface area contributed by atoms with Crippen molar-refractivity contribution in [2.24, 2.45) is 0 Å². The summed E-state index contributed by atoms with van der Waals surface area (Å²) in [5, 5.41) is 9.21. The van der Waals surface area contributed by atoms with Crippen molar-refractivity contribution in [3.63, 3.8) is 0 Å². The predicted molar refractivity (Wildman–Crippen MR) is 78.7 cm³/mol. The first-order chi connectivity index (χ1) is 10.6. The molecule has 0 saturated carbocycles. The Balaban J connectivity index is 2.15. The molecule has 0 N–H and O–H groups in total. The second-order valence-electron chi connectivity index (χ2n) is 4.50. The Morgan fingerprint density at radius 2 is 2.09 bits per heavy atom. The van der Waals surface area contributed by atoms with Crippen LogP contribution in [0.3, 0.4) is 0 Å². The van der Waals surface area contributed by atoms with Crippen LogP contribution in [0.5, 0.6) is 0 Å². The number of nitriles is 1. The number of halogens is 1. The van der Waals surface area contributed by atoms with Gasteiger partial charge in [0.25, 0.3) is 5.56 Å². The smallest absolute Gasteiger partial charge is 0.328 e. The first-order valence-electron chi connectivity index (χ1n) is 6.23. The summed E-state index contributed by atoms with van der Waals surface area (Å²) in [6, 6.07) is 6.61. The summed E-state index contributed by atoms with van der Waals surface area (Å²) in [5.74, 6) is 0.221. The maximum absolute atomic E-state index is 12.1. The predicted octanol–water partition coefficient (Wildman–Crippen LogP) is 0.936. The molecule has 0 bridgehead atoms. The Labute approximate surface area is 129 Å². The largest absolute Gasteiger partial charge is 0.366 e. The second kappa shape index (κ2) is 5.42. The van der Waals surface area contributed by atoms with E-state index < -0.39 is 11.2 Å². The standard InChI is InChI=1S/C14H8ClN5O2/c15-11-4-3-9(6-17-11)7-19-5-1-2-10-12(19)18-14(22)20(8-16)13(10)21/h1-6H,7H2. The van der Waals surface area contributed by atoms with Gasteiger partial charge in [0.05, 0.1) is 12.1 Å². The normalized spacial score (nSPS) is 10.5. The van der Waals surface area contributed by atoms with E-state index in [1.54, 1.807) is 35.2 Å². The van der Waals surface area contributed by atoms with E-state index in [0.717, 1.165) is 5.56 Å². The number of pyridine rings is 2. The van der Waals surface area contributed by atoms with E-state index in [1.165, 1.54) is 12.3 Å². The van der Waals surface area contributed by atoms with Crippen LogP contribution in [0.25, 0.3) is 11.4 Å². The molecule has 1 aromatic heterocycles. The van der Waals surface area contributed by atoms with Gasteiger partial charge in [0.1, 0.15) is 5.15 Å². The van der Waals surface area contributed by atoms with Crippen LogP contribution in [0.4, 0.5) is 0 Å². The molecule has 2 aliphatic heterocycles. The third kappa shape index (κ3) is 2.36. The van der Waals surface area contributed by atoms with Crippen LogP contribution in [0.1, 0.15) is 5.56 Å². The van der Waals surface area contributed by atoms with Crippen LogP contribution in [0, 0.1) is 11.5 Å². The molecule has 0 amide bonds. The summed E-state index contributed by atoms with van der Waals surface area (Å²) in [4.78, 5) is 31.6. The number of nitrogens with zero attached hydrogens (tertiary/aromatic N) is 5. The van der Waals surface area contributed by atoms with Crippen molar-refractivity contribution in [1.82, 2.24) is 19.1 Å². The minimum absolute atomic E-state index is 0.200. The number of aromatic nitrogens is 4. The maximum atomic E-state index is 12.1. The van der Waals surface area contributed by atoms with E-state index in [2.05, 4.69) is 9.97 Å². The topological polar surface area (TPSA) is 93.6 Å². The average molecular weight is 314 g/mol. The van der Waals surface area contributed by atoms with Crippen LogP contribution in [-0.2, 0) is 6.54 Å². The van der Waals surface area contributed by atoms with E-state index in [1.807, 2.05) is 0 Å². The lowest BCUT2D eigenvalue weighted by Gasteiger charge is -2.13. The molecule has 22 heavy (non-hydrogen) atoms. The molecule has 7 nitrogen and oxygen atoms in total. The highest BCUT2D eigenvalue weighted by molar-refractivity contribution is 6.29. The van der Waals surface area contributed by atoms with Gasteiger partial charge in [-0.25, -0.2) is 9.78 Å². The van der Waals surface area contributed by atoms with E-state index in [-0.39, 0.29) is 11.4 Å². The van der Waals surface area contributed by atoms with Crippen molar-refractivity contribution in [3.05, 3.63) is 68.2 Å². The minimum Gasteiger partial charge on any atom is -0.328 e. The van der Waals surface area contributed by atoms with Crippen LogP contribution >= 0.6 is 11.6 Å². The molecule has 0 unspecified atom stereocenters. The molecular formula is C14H8ClN5O2. The van der Waals surface area contributed by atoms with Crippen molar-refractivity contribution >= 4 is 11.6 Å². The van der Waals surface area contributed by atoms with Gasteiger partial charge < -0.3 is 4.57 Å². The molecule has 8 heteroatoms. The Bertz CT molecular complexity index is 968. The molecule has 2 aliphatic rings. The van der Waals surface area contributed by atoms with Gasteiger partial charge in [-0.3, -0.25) is 4.79 Å². The molecule has 0 aromatic carbocycles. The van der Waals surface area contributed by atoms with Crippen LogP contribution in [-0.4, -0.2) is 19.1 Å². The lowest BCUT2D eigenvalue weighted by Crippen LogP contribution is -2.35. The summed E-state index contributed by atoms with van der Waals surface area (Å²) < 4.78 is 2.07. The highest BCUT2D eigenvalue weighted by Gasteiger charge is 2.16. The molecule has 0 saturated heterocycles. The van der Waals surface area contributed by atoms with Gasteiger partial charge in [0.15, 0.2) is 12.0 Å². The minimum atomic E-state index is -0.894. The Kier molecular flexibility index (Phi) is 3.45. The number of fused-ring (bicyclic) bond motifs is 1. The highest BCUT2D eigenvalue weighted by atomic mass is 35.5. The van der Waals surface area contributed by atoms with Gasteiger partial charge in [-0.05, 0) is 23.8 Å². The second-order valence-corrected chi connectivity index (χ2v) is 4.88. The zero-order chi connectivity index (χ0) is 15.7. The monoisotopic (exact) mass is 313 g/mol.